The van der Waals surface area contributed by atoms with Gasteiger partial charge in [0.1, 0.15) is 0 Å². The third kappa shape index (κ3) is 2.93. The largest absolute Gasteiger partial charge is 0.494 e. The van der Waals surface area contributed by atoms with Crippen LogP contribution in [0.3, 0.4) is 0 Å². The normalized spacial score (nSPS) is 13.9. The van der Waals surface area contributed by atoms with E-state index in [9.17, 15) is 4.39 Å². The van der Waals surface area contributed by atoms with Gasteiger partial charge in [-0.15, -0.1) is 0 Å². The van der Waals surface area contributed by atoms with Gasteiger partial charge in [0.15, 0.2) is 11.6 Å². The quantitative estimate of drug-likeness (QED) is 0.914. The molecule has 1 atom stereocenters. The van der Waals surface area contributed by atoms with Crippen molar-refractivity contribution < 1.29 is 9.13 Å². The van der Waals surface area contributed by atoms with E-state index < -0.39 is 5.54 Å². The molecule has 0 heterocycles. The van der Waals surface area contributed by atoms with E-state index in [1.165, 1.54) is 7.11 Å². The Morgan fingerprint density at radius 1 is 1.11 bits per heavy atom. The summed E-state index contributed by atoms with van der Waals surface area (Å²) in [6, 6.07) is 14.9. The Kier molecular flexibility index (Phi) is 3.86. The molecule has 2 rings (SSSR count). The van der Waals surface area contributed by atoms with Crippen LogP contribution in [0, 0.1) is 5.82 Å². The Balaban J connectivity index is 2.34. The van der Waals surface area contributed by atoms with Crippen LogP contribution in [0.15, 0.2) is 48.5 Å². The van der Waals surface area contributed by atoms with Gasteiger partial charge in [-0.3, -0.25) is 0 Å². The second-order valence-corrected chi connectivity index (χ2v) is 4.90. The van der Waals surface area contributed by atoms with Gasteiger partial charge >= 0.3 is 0 Å². The minimum absolute atomic E-state index is 0.224. The molecule has 19 heavy (non-hydrogen) atoms. The monoisotopic (exact) mass is 259 g/mol. The van der Waals surface area contributed by atoms with E-state index in [1.807, 2.05) is 37.3 Å². The van der Waals surface area contributed by atoms with Gasteiger partial charge in [0.25, 0.3) is 0 Å². The van der Waals surface area contributed by atoms with Crippen LogP contribution >= 0.6 is 0 Å². The van der Waals surface area contributed by atoms with Crippen molar-refractivity contribution in [3.63, 3.8) is 0 Å². The Morgan fingerprint density at radius 2 is 1.79 bits per heavy atom. The zero-order valence-corrected chi connectivity index (χ0v) is 11.2. The molecule has 100 valence electrons. The summed E-state index contributed by atoms with van der Waals surface area (Å²) < 4.78 is 19.3. The first-order valence-electron chi connectivity index (χ1n) is 6.20. The van der Waals surface area contributed by atoms with Gasteiger partial charge in [0, 0.05) is 11.1 Å². The average molecular weight is 259 g/mol. The smallest absolute Gasteiger partial charge is 0.170 e. The molecule has 2 N–H and O–H groups in total. The molecule has 2 aromatic rings. The molecule has 0 saturated heterocycles. The minimum Gasteiger partial charge on any atom is -0.494 e. The van der Waals surface area contributed by atoms with Crippen LogP contribution in [-0.2, 0) is 12.0 Å². The third-order valence-corrected chi connectivity index (χ3v) is 3.21. The minimum atomic E-state index is -0.778. The lowest BCUT2D eigenvalue weighted by Gasteiger charge is -2.26. The maximum Gasteiger partial charge on any atom is 0.170 e. The van der Waals surface area contributed by atoms with E-state index >= 15 is 0 Å². The van der Waals surface area contributed by atoms with E-state index in [0.29, 0.717) is 12.0 Å². The van der Waals surface area contributed by atoms with Gasteiger partial charge in [0.2, 0.25) is 0 Å². The molecule has 2 nitrogen and oxygen atoms in total. The van der Waals surface area contributed by atoms with Crippen molar-refractivity contribution >= 4 is 0 Å². The zero-order chi connectivity index (χ0) is 13.9. The Hall–Kier alpha value is -1.87. The predicted octanol–water partition coefficient (Wildman–Crippen LogP) is 3.25. The highest BCUT2D eigenvalue weighted by Gasteiger charge is 2.26. The standard InChI is InChI=1S/C16H18FNO/c1-16(18,11-12-7-4-3-5-8-12)13-9-6-10-14(19-2)15(13)17/h3-10H,11,18H2,1-2H3. The lowest BCUT2D eigenvalue weighted by atomic mass is 9.86. The number of hydrogen-bond donors (Lipinski definition) is 1. The number of nitrogens with two attached hydrogens (primary N) is 1. The molecule has 0 aromatic heterocycles. The van der Waals surface area contributed by atoms with Crippen LogP contribution in [0.4, 0.5) is 4.39 Å². The maximum atomic E-state index is 14.3. The zero-order valence-electron chi connectivity index (χ0n) is 11.2. The summed E-state index contributed by atoms with van der Waals surface area (Å²) in [5.74, 6) is -0.159. The van der Waals surface area contributed by atoms with Crippen LogP contribution in [0.1, 0.15) is 18.1 Å². The van der Waals surface area contributed by atoms with Crippen molar-refractivity contribution in [2.45, 2.75) is 18.9 Å². The Morgan fingerprint density at radius 3 is 2.42 bits per heavy atom. The first-order valence-corrected chi connectivity index (χ1v) is 6.20. The molecule has 0 amide bonds. The van der Waals surface area contributed by atoms with Crippen LogP contribution in [-0.4, -0.2) is 7.11 Å². The maximum absolute atomic E-state index is 14.3. The summed E-state index contributed by atoms with van der Waals surface area (Å²) in [6.07, 6.45) is 0.567. The highest BCUT2D eigenvalue weighted by molar-refractivity contribution is 5.36. The van der Waals surface area contributed by atoms with E-state index in [-0.39, 0.29) is 11.6 Å². The molecule has 0 saturated carbocycles. The van der Waals surface area contributed by atoms with Crippen LogP contribution in [0.25, 0.3) is 0 Å². The fraction of sp³-hybridized carbons (Fsp3) is 0.250. The number of methoxy groups -OCH3 is 1. The first-order chi connectivity index (χ1) is 9.04. The molecule has 0 radical (unpaired) electrons. The van der Waals surface area contributed by atoms with E-state index in [4.69, 9.17) is 10.5 Å². The fourth-order valence-electron chi connectivity index (χ4n) is 2.22. The number of benzene rings is 2. The van der Waals surface area contributed by atoms with Crippen molar-refractivity contribution in [3.8, 4) is 5.75 Å². The van der Waals surface area contributed by atoms with Gasteiger partial charge in [-0.05, 0) is 25.0 Å². The van der Waals surface area contributed by atoms with Gasteiger partial charge in [-0.1, -0.05) is 42.5 Å². The lowest BCUT2D eigenvalue weighted by molar-refractivity contribution is 0.372. The second-order valence-electron chi connectivity index (χ2n) is 4.90. The predicted molar refractivity (Wildman–Crippen MR) is 74.6 cm³/mol. The van der Waals surface area contributed by atoms with Gasteiger partial charge in [0.05, 0.1) is 7.11 Å². The van der Waals surface area contributed by atoms with E-state index in [0.717, 1.165) is 5.56 Å². The average Bonchev–Trinajstić information content (AvgIpc) is 2.39. The summed E-state index contributed by atoms with van der Waals surface area (Å²) in [5.41, 5.74) is 7.07. The Labute approximate surface area is 113 Å². The molecule has 3 heteroatoms. The fourth-order valence-corrected chi connectivity index (χ4v) is 2.22. The molecule has 0 bridgehead atoms. The van der Waals surface area contributed by atoms with Gasteiger partial charge in [-0.25, -0.2) is 4.39 Å². The topological polar surface area (TPSA) is 35.2 Å². The van der Waals surface area contributed by atoms with Gasteiger partial charge in [-0.2, -0.15) is 0 Å². The van der Waals surface area contributed by atoms with Crippen LogP contribution in [0.5, 0.6) is 5.75 Å². The number of rotatable bonds is 4. The SMILES string of the molecule is COc1cccc(C(C)(N)Cc2ccccc2)c1F. The molecule has 0 spiro atoms. The molecule has 0 aliphatic rings. The highest BCUT2D eigenvalue weighted by Crippen LogP contribution is 2.29. The lowest BCUT2D eigenvalue weighted by Crippen LogP contribution is -2.36. The van der Waals surface area contributed by atoms with Crippen molar-refractivity contribution in [2.24, 2.45) is 5.73 Å². The molecule has 1 unspecified atom stereocenters. The molecule has 0 fully saturated rings. The number of halogens is 1. The van der Waals surface area contributed by atoms with Gasteiger partial charge < -0.3 is 10.5 Å². The van der Waals surface area contributed by atoms with Crippen LogP contribution < -0.4 is 10.5 Å². The summed E-state index contributed by atoms with van der Waals surface area (Å²) in [4.78, 5) is 0. The summed E-state index contributed by atoms with van der Waals surface area (Å²) in [7, 11) is 1.45. The van der Waals surface area contributed by atoms with Crippen molar-refractivity contribution in [1.29, 1.82) is 0 Å². The number of hydrogen-bond acceptors (Lipinski definition) is 2. The second kappa shape index (κ2) is 5.41. The molecule has 0 aliphatic heterocycles. The van der Waals surface area contributed by atoms with Crippen molar-refractivity contribution in [2.75, 3.05) is 7.11 Å². The van der Waals surface area contributed by atoms with E-state index in [2.05, 4.69) is 0 Å². The van der Waals surface area contributed by atoms with E-state index in [1.54, 1.807) is 18.2 Å². The van der Waals surface area contributed by atoms with Crippen molar-refractivity contribution in [3.05, 3.63) is 65.5 Å². The molecular weight excluding hydrogens is 241 g/mol. The summed E-state index contributed by atoms with van der Waals surface area (Å²) >= 11 is 0. The Bertz CT molecular complexity index is 552. The molecule has 0 aliphatic carbocycles. The third-order valence-electron chi connectivity index (χ3n) is 3.21. The molecule has 2 aromatic carbocycles. The molecular formula is C16H18FNO. The summed E-state index contributed by atoms with van der Waals surface area (Å²) in [5, 5.41) is 0. The number of ether oxygens (including phenoxy) is 1. The highest BCUT2D eigenvalue weighted by atomic mass is 19.1. The first kappa shape index (κ1) is 13.6. The summed E-state index contributed by atoms with van der Waals surface area (Å²) in [6.45, 7) is 1.83. The van der Waals surface area contributed by atoms with Crippen LogP contribution in [0.2, 0.25) is 0 Å². The van der Waals surface area contributed by atoms with Crippen molar-refractivity contribution in [1.82, 2.24) is 0 Å².